The fourth-order valence-corrected chi connectivity index (χ4v) is 3.80. The molecule has 1 fully saturated rings. The topological polar surface area (TPSA) is 67.6 Å². The highest BCUT2D eigenvalue weighted by Crippen LogP contribution is 2.37. The van der Waals surface area contributed by atoms with E-state index in [0.29, 0.717) is 36.2 Å². The molecule has 1 atom stereocenters. The monoisotopic (exact) mass is 415 g/mol. The Morgan fingerprint density at radius 2 is 2.03 bits per heavy atom. The first-order chi connectivity index (χ1) is 14.4. The molecular weight excluding hydrogens is 392 g/mol. The van der Waals surface area contributed by atoms with E-state index in [1.54, 1.807) is 12.3 Å². The number of aromatic nitrogens is 1. The third kappa shape index (κ3) is 3.80. The number of amides is 1. The molecule has 1 unspecified atom stereocenters. The summed E-state index contributed by atoms with van der Waals surface area (Å²) in [6.07, 6.45) is 1.95. The summed E-state index contributed by atoms with van der Waals surface area (Å²) in [5, 5.41) is 2.37. The maximum Gasteiger partial charge on any atom is 0.251 e. The molecule has 1 aromatic carbocycles. The summed E-state index contributed by atoms with van der Waals surface area (Å²) in [4.78, 5) is 18.4. The number of rotatable bonds is 4. The first kappa shape index (κ1) is 20.4. The van der Waals surface area contributed by atoms with Crippen molar-refractivity contribution in [3.05, 3.63) is 52.7 Å². The van der Waals surface area contributed by atoms with E-state index in [-0.39, 0.29) is 23.0 Å². The molecular formula is C22H23F2N3O3. The highest BCUT2D eigenvalue weighted by atomic mass is 19.1. The molecule has 1 N–H and O–H groups in total. The molecule has 0 saturated carbocycles. The van der Waals surface area contributed by atoms with Gasteiger partial charge in [-0.1, -0.05) is 0 Å². The molecule has 1 aliphatic heterocycles. The van der Waals surface area contributed by atoms with Crippen molar-refractivity contribution in [2.75, 3.05) is 33.8 Å². The Morgan fingerprint density at radius 3 is 2.70 bits per heavy atom. The molecule has 1 amide bonds. The number of ether oxygens (including phenoxy) is 1. The van der Waals surface area contributed by atoms with Crippen molar-refractivity contribution in [1.82, 2.24) is 15.2 Å². The third-order valence-electron chi connectivity index (χ3n) is 5.29. The average molecular weight is 415 g/mol. The second-order valence-corrected chi connectivity index (χ2v) is 7.62. The van der Waals surface area contributed by atoms with Crippen LogP contribution < -0.4 is 5.32 Å². The molecule has 2 aromatic heterocycles. The minimum atomic E-state index is -0.868. The lowest BCUT2D eigenvalue weighted by Gasteiger charge is -2.30. The predicted molar refractivity (Wildman–Crippen MR) is 108 cm³/mol. The molecule has 0 aliphatic carbocycles. The molecule has 30 heavy (non-hydrogen) atoms. The van der Waals surface area contributed by atoms with E-state index in [9.17, 15) is 13.6 Å². The fraction of sp³-hybridized carbons (Fsp3) is 0.364. The molecule has 4 rings (SSSR count). The Bertz CT molecular complexity index is 1090. The number of morpholine rings is 1. The predicted octanol–water partition coefficient (Wildman–Crippen LogP) is 3.31. The SMILES string of the molecule is CNC(=O)c1cc(F)c(-c2oc3cc(C)cnc3c2CC2CN(C)CCO2)c(F)c1. The number of hydrogen-bond donors (Lipinski definition) is 1. The zero-order chi connectivity index (χ0) is 21.4. The van der Waals surface area contributed by atoms with Gasteiger partial charge in [-0.3, -0.25) is 9.78 Å². The fourth-order valence-electron chi connectivity index (χ4n) is 3.80. The largest absolute Gasteiger partial charge is 0.454 e. The molecule has 3 aromatic rings. The van der Waals surface area contributed by atoms with E-state index in [1.165, 1.54) is 7.05 Å². The summed E-state index contributed by atoms with van der Waals surface area (Å²) in [6.45, 7) is 3.98. The van der Waals surface area contributed by atoms with Gasteiger partial charge in [-0.25, -0.2) is 8.78 Å². The smallest absolute Gasteiger partial charge is 0.251 e. The van der Waals surface area contributed by atoms with Crippen LogP contribution in [0, 0.1) is 18.6 Å². The van der Waals surface area contributed by atoms with Gasteiger partial charge in [0, 0.05) is 43.9 Å². The summed E-state index contributed by atoms with van der Waals surface area (Å²) in [5.74, 6) is -2.22. The number of hydrogen-bond acceptors (Lipinski definition) is 5. The number of fused-ring (bicyclic) bond motifs is 1. The number of carbonyl (C=O) groups is 1. The quantitative estimate of drug-likeness (QED) is 0.708. The van der Waals surface area contributed by atoms with E-state index in [2.05, 4.69) is 15.2 Å². The summed E-state index contributed by atoms with van der Waals surface area (Å²) in [6, 6.07) is 3.81. The van der Waals surface area contributed by atoms with Gasteiger partial charge in [0.2, 0.25) is 0 Å². The molecule has 0 radical (unpaired) electrons. The minimum absolute atomic E-state index is 0.0818. The van der Waals surface area contributed by atoms with Crippen LogP contribution in [0.4, 0.5) is 8.78 Å². The standard InChI is InChI=1S/C22H23F2N3O3/c1-12-6-18-20(26-10-12)15(9-14-11-27(3)4-5-29-14)21(30-18)19-16(23)7-13(8-17(19)24)22(28)25-2/h6-8,10,14H,4-5,9,11H2,1-3H3,(H,25,28). The molecule has 0 spiro atoms. The van der Waals surface area contributed by atoms with E-state index < -0.39 is 17.5 Å². The van der Waals surface area contributed by atoms with Gasteiger partial charge in [-0.15, -0.1) is 0 Å². The van der Waals surface area contributed by atoms with Crippen LogP contribution >= 0.6 is 0 Å². The van der Waals surface area contributed by atoms with Crippen molar-refractivity contribution in [2.24, 2.45) is 0 Å². The number of pyridine rings is 1. The lowest BCUT2D eigenvalue weighted by molar-refractivity contribution is -0.0184. The van der Waals surface area contributed by atoms with Gasteiger partial charge in [0.1, 0.15) is 22.9 Å². The first-order valence-electron chi connectivity index (χ1n) is 9.77. The molecule has 6 nitrogen and oxygen atoms in total. The summed E-state index contributed by atoms with van der Waals surface area (Å²) in [7, 11) is 3.40. The Morgan fingerprint density at radius 1 is 1.30 bits per heavy atom. The van der Waals surface area contributed by atoms with Gasteiger partial charge in [0.15, 0.2) is 5.58 Å². The average Bonchev–Trinajstić information content (AvgIpc) is 3.03. The summed E-state index contributed by atoms with van der Waals surface area (Å²) >= 11 is 0. The van der Waals surface area contributed by atoms with E-state index in [4.69, 9.17) is 9.15 Å². The van der Waals surface area contributed by atoms with Crippen LogP contribution in [0.2, 0.25) is 0 Å². The molecule has 8 heteroatoms. The zero-order valence-electron chi connectivity index (χ0n) is 17.1. The molecule has 3 heterocycles. The molecule has 158 valence electrons. The van der Waals surface area contributed by atoms with Crippen molar-refractivity contribution in [3.8, 4) is 11.3 Å². The maximum absolute atomic E-state index is 15.0. The van der Waals surface area contributed by atoms with Crippen molar-refractivity contribution in [1.29, 1.82) is 0 Å². The molecule has 0 bridgehead atoms. The van der Waals surface area contributed by atoms with Crippen molar-refractivity contribution >= 4 is 17.0 Å². The Labute approximate surface area is 172 Å². The van der Waals surface area contributed by atoms with Crippen molar-refractivity contribution in [2.45, 2.75) is 19.4 Å². The van der Waals surface area contributed by atoms with E-state index in [1.807, 2.05) is 14.0 Å². The Balaban J connectivity index is 1.85. The Kier molecular flexibility index (Phi) is 5.53. The zero-order valence-corrected chi connectivity index (χ0v) is 17.1. The highest BCUT2D eigenvalue weighted by Gasteiger charge is 2.28. The number of carbonyl (C=O) groups excluding carboxylic acids is 1. The number of nitrogens with zero attached hydrogens (tertiary/aromatic N) is 2. The van der Waals surface area contributed by atoms with Gasteiger partial charge in [0.05, 0.1) is 18.3 Å². The second kappa shape index (κ2) is 8.12. The van der Waals surface area contributed by atoms with Crippen LogP contribution in [-0.4, -0.2) is 55.7 Å². The molecule has 1 saturated heterocycles. The minimum Gasteiger partial charge on any atom is -0.454 e. The van der Waals surface area contributed by atoms with Gasteiger partial charge in [-0.2, -0.15) is 0 Å². The number of nitrogens with one attached hydrogen (secondary N) is 1. The second-order valence-electron chi connectivity index (χ2n) is 7.62. The number of likely N-dealkylation sites (N-methyl/N-ethyl adjacent to an activating group) is 1. The highest BCUT2D eigenvalue weighted by molar-refractivity contribution is 5.95. The van der Waals surface area contributed by atoms with Gasteiger partial charge in [0.25, 0.3) is 5.91 Å². The maximum atomic E-state index is 15.0. The van der Waals surface area contributed by atoms with Gasteiger partial charge >= 0.3 is 0 Å². The van der Waals surface area contributed by atoms with E-state index >= 15 is 0 Å². The van der Waals surface area contributed by atoms with Crippen molar-refractivity contribution in [3.63, 3.8) is 0 Å². The van der Waals surface area contributed by atoms with Gasteiger partial charge in [-0.05, 0) is 37.7 Å². The lowest BCUT2D eigenvalue weighted by Crippen LogP contribution is -2.41. The van der Waals surface area contributed by atoms with Crippen LogP contribution in [0.25, 0.3) is 22.4 Å². The van der Waals surface area contributed by atoms with Crippen LogP contribution in [-0.2, 0) is 11.2 Å². The number of halogens is 2. The molecule has 1 aliphatic rings. The third-order valence-corrected chi connectivity index (χ3v) is 5.29. The Hall–Kier alpha value is -2.84. The van der Waals surface area contributed by atoms with Crippen LogP contribution in [0.3, 0.4) is 0 Å². The van der Waals surface area contributed by atoms with E-state index in [0.717, 1.165) is 24.2 Å². The number of benzene rings is 1. The lowest BCUT2D eigenvalue weighted by atomic mass is 9.99. The first-order valence-corrected chi connectivity index (χ1v) is 9.77. The summed E-state index contributed by atoms with van der Waals surface area (Å²) < 4.78 is 41.7. The van der Waals surface area contributed by atoms with Crippen molar-refractivity contribution < 1.29 is 22.7 Å². The normalized spacial score (nSPS) is 17.4. The van der Waals surface area contributed by atoms with Crippen LogP contribution in [0.1, 0.15) is 21.5 Å². The number of aryl methyl sites for hydroxylation is 1. The van der Waals surface area contributed by atoms with Crippen LogP contribution in [0.5, 0.6) is 0 Å². The van der Waals surface area contributed by atoms with Gasteiger partial charge < -0.3 is 19.4 Å². The van der Waals surface area contributed by atoms with Crippen LogP contribution in [0.15, 0.2) is 28.8 Å². The summed E-state index contributed by atoms with van der Waals surface area (Å²) in [5.41, 5.74) is 2.08. The number of furan rings is 1.